The Morgan fingerprint density at radius 3 is 2.53 bits per heavy atom. The number of amides is 2. The van der Waals surface area contributed by atoms with E-state index in [2.05, 4.69) is 15.6 Å². The van der Waals surface area contributed by atoms with E-state index >= 15 is 0 Å². The average Bonchev–Trinajstić information content (AvgIpc) is 2.83. The van der Waals surface area contributed by atoms with Crippen molar-refractivity contribution in [2.45, 2.75) is 32.4 Å². The predicted octanol–water partition coefficient (Wildman–Crippen LogP) is 3.71. The van der Waals surface area contributed by atoms with Crippen LogP contribution in [-0.4, -0.2) is 22.8 Å². The second-order valence-electron chi connectivity index (χ2n) is 8.44. The average molecular weight is 453 g/mol. The molecule has 6 heteroatoms. The van der Waals surface area contributed by atoms with Crippen LogP contribution in [-0.2, 0) is 29.0 Å². The van der Waals surface area contributed by atoms with Crippen molar-refractivity contribution in [3.63, 3.8) is 0 Å². The first-order valence-corrected chi connectivity index (χ1v) is 11.3. The molecule has 3 aromatic carbocycles. The van der Waals surface area contributed by atoms with Gasteiger partial charge in [0.05, 0.1) is 6.42 Å². The molecule has 0 saturated carbocycles. The van der Waals surface area contributed by atoms with E-state index in [1.54, 1.807) is 12.3 Å². The topological polar surface area (TPSA) is 97.1 Å². The highest BCUT2D eigenvalue weighted by molar-refractivity contribution is 5.90. The normalized spacial score (nSPS) is 11.7. The minimum absolute atomic E-state index is 0.194. The first-order valence-electron chi connectivity index (χ1n) is 11.3. The fourth-order valence-electron chi connectivity index (χ4n) is 4.01. The molecule has 1 heterocycles. The summed E-state index contributed by atoms with van der Waals surface area (Å²) in [6, 6.07) is 24.7. The zero-order valence-corrected chi connectivity index (χ0v) is 19.1. The molecule has 34 heavy (non-hydrogen) atoms. The summed E-state index contributed by atoms with van der Waals surface area (Å²) >= 11 is 0. The van der Waals surface area contributed by atoms with Crippen molar-refractivity contribution < 1.29 is 9.59 Å². The number of anilines is 1. The van der Waals surface area contributed by atoms with E-state index in [-0.39, 0.29) is 18.2 Å². The lowest BCUT2D eigenvalue weighted by molar-refractivity contribution is -0.128. The van der Waals surface area contributed by atoms with Crippen molar-refractivity contribution in [1.82, 2.24) is 15.6 Å². The van der Waals surface area contributed by atoms with Crippen molar-refractivity contribution in [3.05, 3.63) is 107 Å². The summed E-state index contributed by atoms with van der Waals surface area (Å²) in [6.07, 6.45) is 2.22. The Morgan fingerprint density at radius 2 is 1.74 bits per heavy atom. The molecule has 1 atom stereocenters. The van der Waals surface area contributed by atoms with Crippen LogP contribution in [0.4, 0.5) is 5.82 Å². The number of rotatable bonds is 8. The Morgan fingerprint density at radius 1 is 0.941 bits per heavy atom. The van der Waals surface area contributed by atoms with E-state index in [4.69, 9.17) is 5.73 Å². The van der Waals surface area contributed by atoms with E-state index in [9.17, 15) is 9.59 Å². The lowest BCUT2D eigenvalue weighted by Gasteiger charge is -2.20. The Balaban J connectivity index is 1.52. The summed E-state index contributed by atoms with van der Waals surface area (Å²) in [6.45, 7) is 2.29. The number of pyridine rings is 1. The number of carbonyl (C=O) groups excluding carboxylic acids is 2. The summed E-state index contributed by atoms with van der Waals surface area (Å²) in [5, 5.41) is 8.05. The number of aromatic nitrogens is 1. The van der Waals surface area contributed by atoms with E-state index in [1.165, 1.54) is 0 Å². The molecule has 172 valence electrons. The Hall–Kier alpha value is -4.19. The number of nitrogens with zero attached hydrogens (tertiary/aromatic N) is 1. The molecule has 0 bridgehead atoms. The third-order valence-electron chi connectivity index (χ3n) is 5.72. The lowest BCUT2D eigenvalue weighted by Crippen LogP contribution is -2.48. The van der Waals surface area contributed by atoms with Gasteiger partial charge in [-0.3, -0.25) is 9.59 Å². The summed E-state index contributed by atoms with van der Waals surface area (Å²) in [4.78, 5) is 30.1. The number of fused-ring (bicyclic) bond motifs is 1. The van der Waals surface area contributed by atoms with Crippen molar-refractivity contribution in [1.29, 1.82) is 0 Å². The van der Waals surface area contributed by atoms with Crippen molar-refractivity contribution >= 4 is 28.4 Å². The molecule has 4 aromatic rings. The van der Waals surface area contributed by atoms with Gasteiger partial charge >= 0.3 is 0 Å². The summed E-state index contributed by atoms with van der Waals surface area (Å²) in [7, 11) is 0. The van der Waals surface area contributed by atoms with Gasteiger partial charge in [0, 0.05) is 19.2 Å². The third kappa shape index (κ3) is 5.98. The minimum atomic E-state index is -0.718. The second kappa shape index (κ2) is 10.6. The van der Waals surface area contributed by atoms with Crippen molar-refractivity contribution in [2.24, 2.45) is 0 Å². The summed E-state index contributed by atoms with van der Waals surface area (Å²) in [5.41, 5.74) is 9.48. The molecule has 0 saturated heterocycles. The summed E-state index contributed by atoms with van der Waals surface area (Å²) in [5.74, 6) is -0.0187. The largest absolute Gasteiger partial charge is 0.384 e. The molecule has 0 fully saturated rings. The number of aryl methyl sites for hydroxylation is 1. The molecule has 0 aliphatic carbocycles. The van der Waals surface area contributed by atoms with Gasteiger partial charge in [-0.15, -0.1) is 0 Å². The molecule has 0 aliphatic rings. The molecule has 0 spiro atoms. The van der Waals surface area contributed by atoms with Gasteiger partial charge in [-0.1, -0.05) is 78.4 Å². The van der Waals surface area contributed by atoms with Gasteiger partial charge in [0.2, 0.25) is 11.8 Å². The highest BCUT2D eigenvalue weighted by atomic mass is 16.2. The molecular weight excluding hydrogens is 424 g/mol. The van der Waals surface area contributed by atoms with Crippen molar-refractivity contribution in [3.8, 4) is 0 Å². The van der Waals surface area contributed by atoms with E-state index < -0.39 is 6.04 Å². The van der Waals surface area contributed by atoms with Crippen LogP contribution in [0.5, 0.6) is 0 Å². The van der Waals surface area contributed by atoms with Gasteiger partial charge in [-0.05, 0) is 40.5 Å². The van der Waals surface area contributed by atoms with Gasteiger partial charge in [0.15, 0.2) is 0 Å². The quantitative estimate of drug-likeness (QED) is 0.380. The van der Waals surface area contributed by atoms with Crippen LogP contribution in [0, 0.1) is 6.92 Å². The minimum Gasteiger partial charge on any atom is -0.384 e. The van der Waals surface area contributed by atoms with Gasteiger partial charge in [-0.2, -0.15) is 0 Å². The van der Waals surface area contributed by atoms with Gasteiger partial charge in [0.25, 0.3) is 0 Å². The molecule has 2 amide bonds. The monoisotopic (exact) mass is 452 g/mol. The first-order chi connectivity index (χ1) is 16.5. The van der Waals surface area contributed by atoms with E-state index in [1.807, 2.05) is 79.7 Å². The number of carbonyl (C=O) groups is 2. The molecule has 4 N–H and O–H groups in total. The zero-order chi connectivity index (χ0) is 23.9. The predicted molar refractivity (Wildman–Crippen MR) is 135 cm³/mol. The van der Waals surface area contributed by atoms with E-state index in [0.717, 1.165) is 33.0 Å². The highest BCUT2D eigenvalue weighted by Gasteiger charge is 2.22. The molecular formula is C28H28N4O2. The number of hydrogen-bond donors (Lipinski definition) is 3. The van der Waals surface area contributed by atoms with Crippen LogP contribution in [0.3, 0.4) is 0 Å². The SMILES string of the molecule is Cc1cccc(CC(=O)N[C@@H](Cc2cccc3ccccc23)C(=O)NCc2ccc(N)nc2)c1. The fourth-order valence-corrected chi connectivity index (χ4v) is 4.01. The summed E-state index contributed by atoms with van der Waals surface area (Å²) < 4.78 is 0. The molecule has 0 unspecified atom stereocenters. The first kappa shape index (κ1) is 23.0. The van der Waals surface area contributed by atoms with Gasteiger partial charge < -0.3 is 16.4 Å². The Labute approximate surface area is 199 Å². The number of hydrogen-bond acceptors (Lipinski definition) is 4. The smallest absolute Gasteiger partial charge is 0.243 e. The molecule has 0 aliphatic heterocycles. The number of nitrogen functional groups attached to an aromatic ring is 1. The van der Waals surface area contributed by atoms with Crippen molar-refractivity contribution in [2.75, 3.05) is 5.73 Å². The highest BCUT2D eigenvalue weighted by Crippen LogP contribution is 2.20. The Bertz CT molecular complexity index is 1300. The standard InChI is InChI=1S/C28H28N4O2/c1-19-6-4-7-20(14-19)15-27(33)32-25(28(34)31-18-21-12-13-26(29)30-17-21)16-23-10-5-9-22-8-2-3-11-24(22)23/h2-14,17,25H,15-16,18H2,1H3,(H2,29,30)(H,31,34)(H,32,33)/t25-/m0/s1. The van der Waals surface area contributed by atoms with Crippen LogP contribution in [0.1, 0.15) is 22.3 Å². The third-order valence-corrected chi connectivity index (χ3v) is 5.72. The molecule has 1 aromatic heterocycles. The molecule has 4 rings (SSSR count). The maximum Gasteiger partial charge on any atom is 0.243 e. The zero-order valence-electron chi connectivity index (χ0n) is 19.1. The number of benzene rings is 3. The van der Waals surface area contributed by atoms with Crippen LogP contribution in [0.25, 0.3) is 10.8 Å². The molecule has 0 radical (unpaired) electrons. The molecule has 6 nitrogen and oxygen atoms in total. The number of nitrogens with two attached hydrogens (primary N) is 1. The Kier molecular flexibility index (Phi) is 7.18. The van der Waals surface area contributed by atoms with Crippen LogP contribution in [0.15, 0.2) is 85.1 Å². The van der Waals surface area contributed by atoms with Crippen LogP contribution >= 0.6 is 0 Å². The van der Waals surface area contributed by atoms with Gasteiger partial charge in [-0.25, -0.2) is 4.98 Å². The van der Waals surface area contributed by atoms with Crippen LogP contribution in [0.2, 0.25) is 0 Å². The fraction of sp³-hybridized carbons (Fsp3) is 0.179. The maximum absolute atomic E-state index is 13.2. The number of nitrogens with one attached hydrogen (secondary N) is 2. The maximum atomic E-state index is 13.2. The van der Waals surface area contributed by atoms with Crippen LogP contribution < -0.4 is 16.4 Å². The second-order valence-corrected chi connectivity index (χ2v) is 8.44. The van der Waals surface area contributed by atoms with E-state index in [0.29, 0.717) is 18.8 Å². The lowest BCUT2D eigenvalue weighted by atomic mass is 9.98. The van der Waals surface area contributed by atoms with Gasteiger partial charge in [0.1, 0.15) is 11.9 Å².